The minimum atomic E-state index is -0.289. The number of aliphatic imine (C=N–C) groups is 1. The van der Waals surface area contributed by atoms with Crippen LogP contribution in [0.25, 0.3) is 0 Å². The smallest absolute Gasteiger partial charge is 0.230 e. The molecular weight excluding hydrogens is 338 g/mol. The van der Waals surface area contributed by atoms with Gasteiger partial charge in [-0.15, -0.1) is 0 Å². The average Bonchev–Trinajstić information content (AvgIpc) is 3.14. The van der Waals surface area contributed by atoms with Crippen LogP contribution in [0.4, 0.5) is 5.69 Å². The van der Waals surface area contributed by atoms with Crippen LogP contribution in [-0.2, 0) is 11.2 Å². The molecule has 1 saturated carbocycles. The summed E-state index contributed by atoms with van der Waals surface area (Å²) in [6.45, 7) is 1.44. The monoisotopic (exact) mass is 373 g/mol. The van der Waals surface area contributed by atoms with Crippen LogP contribution in [0, 0.1) is 5.41 Å². The molecule has 1 aromatic carbocycles. The first-order chi connectivity index (χ1) is 12.9. The van der Waals surface area contributed by atoms with E-state index >= 15 is 0 Å². The topological polar surface area (TPSA) is 60.0 Å². The first-order valence-corrected chi connectivity index (χ1v) is 9.80. The Labute approximate surface area is 164 Å². The normalized spacial score (nSPS) is 16.1. The largest absolute Gasteiger partial charge is 0.378 e. The predicted octanol–water partition coefficient (Wildman–Crippen LogP) is 2.11. The summed E-state index contributed by atoms with van der Waals surface area (Å²) in [7, 11) is 9.55. The van der Waals surface area contributed by atoms with Gasteiger partial charge < -0.3 is 20.4 Å². The molecule has 1 amide bonds. The number of anilines is 1. The molecule has 0 heterocycles. The van der Waals surface area contributed by atoms with Crippen LogP contribution in [0.5, 0.6) is 0 Å². The average molecular weight is 374 g/mol. The van der Waals surface area contributed by atoms with E-state index in [1.54, 1.807) is 11.9 Å². The van der Waals surface area contributed by atoms with Crippen LogP contribution in [0.15, 0.2) is 29.3 Å². The van der Waals surface area contributed by atoms with Gasteiger partial charge in [0.2, 0.25) is 5.91 Å². The number of guanidine groups is 1. The molecule has 150 valence electrons. The van der Waals surface area contributed by atoms with E-state index < -0.39 is 0 Å². The molecule has 0 unspecified atom stereocenters. The van der Waals surface area contributed by atoms with E-state index in [2.05, 4.69) is 44.8 Å². The number of benzene rings is 1. The Hall–Kier alpha value is -2.24. The molecule has 1 aliphatic carbocycles. The Bertz CT molecular complexity index is 630. The van der Waals surface area contributed by atoms with Crippen molar-refractivity contribution in [3.8, 4) is 0 Å². The molecule has 0 spiro atoms. The molecule has 1 aromatic rings. The molecule has 2 N–H and O–H groups in total. The highest BCUT2D eigenvalue weighted by molar-refractivity contribution is 5.85. The summed E-state index contributed by atoms with van der Waals surface area (Å²) in [6, 6.07) is 8.60. The third kappa shape index (κ3) is 5.62. The Morgan fingerprint density at radius 2 is 1.70 bits per heavy atom. The van der Waals surface area contributed by atoms with Gasteiger partial charge in [0.05, 0.1) is 5.41 Å². The quantitative estimate of drug-likeness (QED) is 0.568. The van der Waals surface area contributed by atoms with Gasteiger partial charge in [-0.2, -0.15) is 0 Å². The lowest BCUT2D eigenvalue weighted by atomic mass is 9.84. The van der Waals surface area contributed by atoms with E-state index in [1.807, 2.05) is 28.2 Å². The van der Waals surface area contributed by atoms with Crippen molar-refractivity contribution in [2.75, 3.05) is 53.2 Å². The summed E-state index contributed by atoms with van der Waals surface area (Å²) in [6.07, 6.45) is 5.07. The lowest BCUT2D eigenvalue weighted by Crippen LogP contribution is -2.49. The number of amides is 1. The molecule has 2 rings (SSSR count). The first kappa shape index (κ1) is 21.1. The fourth-order valence-corrected chi connectivity index (χ4v) is 3.75. The standard InChI is InChI=1S/C21H35N5O/c1-22-20(23-15-12-17-8-10-18(11-9-17)25(2)3)24-16-21(13-6-7-14-21)19(27)26(4)5/h8-11H,6-7,12-16H2,1-5H3,(H2,22,23,24). The molecule has 1 aliphatic rings. The van der Waals surface area contributed by atoms with Crippen molar-refractivity contribution in [3.63, 3.8) is 0 Å². The van der Waals surface area contributed by atoms with E-state index in [4.69, 9.17) is 0 Å². The highest BCUT2D eigenvalue weighted by Crippen LogP contribution is 2.38. The maximum absolute atomic E-state index is 12.7. The van der Waals surface area contributed by atoms with Crippen molar-refractivity contribution in [1.82, 2.24) is 15.5 Å². The second kappa shape index (κ2) is 9.62. The molecule has 0 saturated heterocycles. The maximum atomic E-state index is 12.7. The molecular formula is C21H35N5O. The van der Waals surface area contributed by atoms with Crippen LogP contribution >= 0.6 is 0 Å². The second-order valence-electron chi connectivity index (χ2n) is 7.85. The first-order valence-electron chi connectivity index (χ1n) is 9.80. The molecule has 0 aromatic heterocycles. The summed E-state index contributed by atoms with van der Waals surface area (Å²) in [5.74, 6) is 0.988. The number of rotatable bonds is 7. The highest BCUT2D eigenvalue weighted by atomic mass is 16.2. The van der Waals surface area contributed by atoms with Crippen LogP contribution in [-0.4, -0.2) is 65.1 Å². The number of nitrogens with one attached hydrogen (secondary N) is 2. The lowest BCUT2D eigenvalue weighted by molar-refractivity contribution is -0.138. The third-order valence-corrected chi connectivity index (χ3v) is 5.40. The molecule has 27 heavy (non-hydrogen) atoms. The fourth-order valence-electron chi connectivity index (χ4n) is 3.75. The van der Waals surface area contributed by atoms with Crippen molar-refractivity contribution in [3.05, 3.63) is 29.8 Å². The molecule has 1 fully saturated rings. The molecule has 0 aliphatic heterocycles. The van der Waals surface area contributed by atoms with Gasteiger partial charge in [0, 0.05) is 54.0 Å². The van der Waals surface area contributed by atoms with Gasteiger partial charge in [-0.3, -0.25) is 9.79 Å². The van der Waals surface area contributed by atoms with Crippen molar-refractivity contribution in [1.29, 1.82) is 0 Å². The van der Waals surface area contributed by atoms with E-state index in [1.165, 1.54) is 11.3 Å². The van der Waals surface area contributed by atoms with Gasteiger partial charge in [-0.25, -0.2) is 0 Å². The summed E-state index contributed by atoms with van der Waals surface area (Å²) in [5.41, 5.74) is 2.21. The Morgan fingerprint density at radius 3 is 2.22 bits per heavy atom. The minimum Gasteiger partial charge on any atom is -0.378 e. The van der Waals surface area contributed by atoms with E-state index in [0.29, 0.717) is 6.54 Å². The van der Waals surface area contributed by atoms with Crippen LogP contribution < -0.4 is 15.5 Å². The number of carbonyl (C=O) groups excluding carboxylic acids is 1. The van der Waals surface area contributed by atoms with E-state index in [9.17, 15) is 4.79 Å². The van der Waals surface area contributed by atoms with Gasteiger partial charge in [0.1, 0.15) is 0 Å². The van der Waals surface area contributed by atoms with Crippen LogP contribution in [0.1, 0.15) is 31.2 Å². The predicted molar refractivity (Wildman–Crippen MR) is 113 cm³/mol. The molecule has 0 atom stereocenters. The second-order valence-corrected chi connectivity index (χ2v) is 7.85. The van der Waals surface area contributed by atoms with Gasteiger partial charge in [0.15, 0.2) is 5.96 Å². The zero-order valence-electron chi connectivity index (χ0n) is 17.5. The zero-order chi connectivity index (χ0) is 19.9. The lowest BCUT2D eigenvalue weighted by Gasteiger charge is -2.31. The van der Waals surface area contributed by atoms with Crippen LogP contribution in [0.2, 0.25) is 0 Å². The highest BCUT2D eigenvalue weighted by Gasteiger charge is 2.42. The fraction of sp³-hybridized carbons (Fsp3) is 0.619. The minimum absolute atomic E-state index is 0.226. The third-order valence-electron chi connectivity index (χ3n) is 5.40. The Balaban J connectivity index is 1.84. The Kier molecular flexibility index (Phi) is 7.51. The molecule has 0 radical (unpaired) electrons. The van der Waals surface area contributed by atoms with Crippen molar-refractivity contribution in [2.45, 2.75) is 32.1 Å². The number of hydrogen-bond donors (Lipinski definition) is 2. The van der Waals surface area contributed by atoms with Crippen molar-refractivity contribution < 1.29 is 4.79 Å². The maximum Gasteiger partial charge on any atom is 0.230 e. The van der Waals surface area contributed by atoms with Crippen LogP contribution in [0.3, 0.4) is 0 Å². The summed E-state index contributed by atoms with van der Waals surface area (Å²) < 4.78 is 0. The Morgan fingerprint density at radius 1 is 1.07 bits per heavy atom. The van der Waals surface area contributed by atoms with Crippen molar-refractivity contribution in [2.24, 2.45) is 10.4 Å². The SMILES string of the molecule is CN=C(NCCc1ccc(N(C)C)cc1)NCC1(C(=O)N(C)C)CCCC1. The van der Waals surface area contributed by atoms with E-state index in [-0.39, 0.29) is 11.3 Å². The van der Waals surface area contributed by atoms with Gasteiger partial charge >= 0.3 is 0 Å². The number of nitrogens with zero attached hydrogens (tertiary/aromatic N) is 3. The summed E-state index contributed by atoms with van der Waals surface area (Å²) >= 11 is 0. The molecule has 0 bridgehead atoms. The van der Waals surface area contributed by atoms with Gasteiger partial charge in [-0.05, 0) is 37.0 Å². The van der Waals surface area contributed by atoms with Gasteiger partial charge in [-0.1, -0.05) is 25.0 Å². The zero-order valence-corrected chi connectivity index (χ0v) is 17.5. The van der Waals surface area contributed by atoms with E-state index in [0.717, 1.165) is 44.6 Å². The summed E-state index contributed by atoms with van der Waals surface area (Å²) in [5, 5.41) is 6.75. The van der Waals surface area contributed by atoms with Gasteiger partial charge in [0.25, 0.3) is 0 Å². The number of carbonyl (C=O) groups is 1. The summed E-state index contributed by atoms with van der Waals surface area (Å²) in [4.78, 5) is 20.8. The number of hydrogen-bond acceptors (Lipinski definition) is 3. The molecule has 6 nitrogen and oxygen atoms in total. The molecule has 6 heteroatoms. The van der Waals surface area contributed by atoms with Crippen molar-refractivity contribution >= 4 is 17.6 Å².